The van der Waals surface area contributed by atoms with Crippen LogP contribution < -0.4 is 0 Å². The Morgan fingerprint density at radius 2 is 1.85 bits per heavy atom. The first-order valence-corrected chi connectivity index (χ1v) is 15.9. The number of hydrogen-bond acceptors (Lipinski definition) is 3. The van der Waals surface area contributed by atoms with Gasteiger partial charge in [-0.15, -0.1) is 0 Å². The minimum atomic E-state index is -1.76. The Morgan fingerprint density at radius 1 is 1.18 bits per heavy atom. The molecule has 1 aromatic carbocycles. The van der Waals surface area contributed by atoms with Crippen LogP contribution in [0.2, 0.25) is 18.1 Å². The smallest absolute Gasteiger partial charge is 0.191 e. The fourth-order valence-corrected chi connectivity index (χ4v) is 5.30. The molecule has 0 bridgehead atoms. The van der Waals surface area contributed by atoms with Gasteiger partial charge in [0, 0.05) is 19.4 Å². The minimum Gasteiger partial charge on any atom is -0.417 e. The Labute approximate surface area is 210 Å². The molecule has 0 saturated carbocycles. The average Bonchev–Trinajstić information content (AvgIpc) is 3.11. The molecule has 2 atom stereocenters. The van der Waals surface area contributed by atoms with Crippen molar-refractivity contribution in [3.05, 3.63) is 59.2 Å². The van der Waals surface area contributed by atoms with Gasteiger partial charge in [-0.05, 0) is 66.8 Å². The second kappa shape index (κ2) is 12.5. The lowest BCUT2D eigenvalue weighted by Crippen LogP contribution is -2.41. The standard InChI is InChI=1S/C30H48O3Si/c1-24(19-28(31)20-25(2)21-33-34(7,8)29(3,4)5)16-18-30(6)17-12-15-27(30)23-32-22-26-13-10-9-11-14-26/h9-11,13-16,25H,12,17-23H2,1-8H3/b24-16-/t25-,30+/m1/s1. The van der Waals surface area contributed by atoms with E-state index in [-0.39, 0.29) is 16.4 Å². The van der Waals surface area contributed by atoms with Crippen LogP contribution in [-0.4, -0.2) is 27.3 Å². The van der Waals surface area contributed by atoms with Gasteiger partial charge in [-0.2, -0.15) is 0 Å². The van der Waals surface area contributed by atoms with E-state index in [1.54, 1.807) is 0 Å². The molecule has 0 N–H and O–H groups in total. The zero-order valence-electron chi connectivity index (χ0n) is 23.0. The van der Waals surface area contributed by atoms with E-state index in [1.807, 2.05) is 6.07 Å². The van der Waals surface area contributed by atoms with Gasteiger partial charge in [0.05, 0.1) is 13.2 Å². The van der Waals surface area contributed by atoms with Crippen LogP contribution in [0.4, 0.5) is 0 Å². The number of hydrogen-bond donors (Lipinski definition) is 0. The van der Waals surface area contributed by atoms with Crippen molar-refractivity contribution in [2.45, 2.75) is 98.4 Å². The zero-order valence-corrected chi connectivity index (χ0v) is 24.0. The Hall–Kier alpha value is -1.49. The predicted molar refractivity (Wildman–Crippen MR) is 146 cm³/mol. The molecule has 0 aliphatic heterocycles. The molecule has 0 heterocycles. The summed E-state index contributed by atoms with van der Waals surface area (Å²) < 4.78 is 12.3. The van der Waals surface area contributed by atoms with E-state index < -0.39 is 8.32 Å². The van der Waals surface area contributed by atoms with Crippen molar-refractivity contribution < 1.29 is 14.0 Å². The fourth-order valence-electron chi connectivity index (χ4n) is 4.16. The van der Waals surface area contributed by atoms with Crippen LogP contribution in [-0.2, 0) is 20.6 Å². The van der Waals surface area contributed by atoms with E-state index >= 15 is 0 Å². The number of ketones is 1. The summed E-state index contributed by atoms with van der Waals surface area (Å²) >= 11 is 0. The molecule has 0 spiro atoms. The largest absolute Gasteiger partial charge is 0.417 e. The normalized spacial score (nSPS) is 20.4. The molecule has 4 heteroatoms. The van der Waals surface area contributed by atoms with E-state index in [9.17, 15) is 4.79 Å². The molecule has 2 rings (SSSR count). The maximum Gasteiger partial charge on any atom is 0.191 e. The number of allylic oxidation sites excluding steroid dienone is 3. The molecule has 0 unspecified atom stereocenters. The Balaban J connectivity index is 1.78. The molecule has 1 aliphatic rings. The van der Waals surface area contributed by atoms with Gasteiger partial charge >= 0.3 is 0 Å². The summed E-state index contributed by atoms with van der Waals surface area (Å²) in [4.78, 5) is 12.7. The highest BCUT2D eigenvalue weighted by Crippen LogP contribution is 2.42. The van der Waals surface area contributed by atoms with E-state index in [4.69, 9.17) is 9.16 Å². The molecule has 0 aromatic heterocycles. The van der Waals surface area contributed by atoms with Crippen molar-refractivity contribution in [3.63, 3.8) is 0 Å². The van der Waals surface area contributed by atoms with Crippen molar-refractivity contribution >= 4 is 14.1 Å². The van der Waals surface area contributed by atoms with Gasteiger partial charge in [-0.3, -0.25) is 4.79 Å². The molecule has 0 amide bonds. The van der Waals surface area contributed by atoms with Gasteiger partial charge in [0.25, 0.3) is 0 Å². The Kier molecular flexibility index (Phi) is 10.5. The predicted octanol–water partition coefficient (Wildman–Crippen LogP) is 8.27. The lowest BCUT2D eigenvalue weighted by molar-refractivity contribution is -0.119. The van der Waals surface area contributed by atoms with Crippen molar-refractivity contribution in [2.24, 2.45) is 11.3 Å². The lowest BCUT2D eigenvalue weighted by atomic mass is 9.79. The molecule has 0 fully saturated rings. The highest BCUT2D eigenvalue weighted by atomic mass is 28.4. The molecule has 1 aliphatic carbocycles. The third kappa shape index (κ3) is 8.94. The van der Waals surface area contributed by atoms with E-state index in [0.717, 1.165) is 19.3 Å². The number of benzene rings is 1. The lowest BCUT2D eigenvalue weighted by Gasteiger charge is -2.37. The van der Waals surface area contributed by atoms with Gasteiger partial charge < -0.3 is 9.16 Å². The highest BCUT2D eigenvalue weighted by Gasteiger charge is 2.37. The number of ether oxygens (including phenoxy) is 1. The first-order valence-electron chi connectivity index (χ1n) is 12.9. The molecule has 0 radical (unpaired) electrons. The molecule has 190 valence electrons. The SMILES string of the molecule is C/C(=C/C[C@]1(C)CCC=C1COCc1ccccc1)CC(=O)C[C@@H](C)CO[Si](C)(C)C(C)(C)C. The van der Waals surface area contributed by atoms with Gasteiger partial charge in [0.15, 0.2) is 8.32 Å². The molecule has 3 nitrogen and oxygen atoms in total. The van der Waals surface area contributed by atoms with Crippen LogP contribution in [0.5, 0.6) is 0 Å². The zero-order chi connectivity index (χ0) is 25.4. The monoisotopic (exact) mass is 484 g/mol. The summed E-state index contributed by atoms with van der Waals surface area (Å²) in [5, 5.41) is 0.201. The van der Waals surface area contributed by atoms with Crippen molar-refractivity contribution in [1.29, 1.82) is 0 Å². The topological polar surface area (TPSA) is 35.5 Å². The summed E-state index contributed by atoms with van der Waals surface area (Å²) in [6, 6.07) is 10.3. The third-order valence-electron chi connectivity index (χ3n) is 7.72. The maximum absolute atomic E-state index is 12.7. The second-order valence-corrected chi connectivity index (χ2v) is 17.0. The molecular weight excluding hydrogens is 436 g/mol. The van der Waals surface area contributed by atoms with Crippen LogP contribution in [0.25, 0.3) is 0 Å². The Morgan fingerprint density at radius 3 is 2.50 bits per heavy atom. The number of carbonyl (C=O) groups excluding carboxylic acids is 1. The fraction of sp³-hybridized carbons (Fsp3) is 0.633. The van der Waals surface area contributed by atoms with E-state index in [2.05, 4.69) is 91.1 Å². The summed E-state index contributed by atoms with van der Waals surface area (Å²) in [5.74, 6) is 0.580. The first kappa shape index (κ1) is 28.7. The highest BCUT2D eigenvalue weighted by molar-refractivity contribution is 6.74. The van der Waals surface area contributed by atoms with Crippen molar-refractivity contribution in [2.75, 3.05) is 13.2 Å². The number of rotatable bonds is 13. The maximum atomic E-state index is 12.7. The average molecular weight is 485 g/mol. The van der Waals surface area contributed by atoms with Gasteiger partial charge in [0.1, 0.15) is 5.78 Å². The molecule has 0 saturated heterocycles. The molecule has 1 aromatic rings. The summed E-state index contributed by atoms with van der Waals surface area (Å²) in [6.45, 7) is 19.9. The second-order valence-electron chi connectivity index (χ2n) is 12.2. The van der Waals surface area contributed by atoms with Crippen LogP contribution in [0.1, 0.15) is 79.2 Å². The summed E-state index contributed by atoms with van der Waals surface area (Å²) in [5.41, 5.74) is 3.92. The third-order valence-corrected chi connectivity index (χ3v) is 12.2. The minimum absolute atomic E-state index is 0.130. The number of carbonyl (C=O) groups is 1. The van der Waals surface area contributed by atoms with Crippen LogP contribution in [0, 0.1) is 11.3 Å². The van der Waals surface area contributed by atoms with Crippen LogP contribution >= 0.6 is 0 Å². The van der Waals surface area contributed by atoms with Crippen molar-refractivity contribution in [3.8, 4) is 0 Å². The van der Waals surface area contributed by atoms with Crippen LogP contribution in [0.3, 0.4) is 0 Å². The van der Waals surface area contributed by atoms with Crippen LogP contribution in [0.15, 0.2) is 53.6 Å². The Bertz CT molecular complexity index is 848. The van der Waals surface area contributed by atoms with Gasteiger partial charge in [0.2, 0.25) is 0 Å². The van der Waals surface area contributed by atoms with Gasteiger partial charge in [-0.1, -0.05) is 82.7 Å². The summed E-state index contributed by atoms with van der Waals surface area (Å²) in [7, 11) is -1.76. The van der Waals surface area contributed by atoms with Crippen molar-refractivity contribution in [1.82, 2.24) is 0 Å². The molecule has 34 heavy (non-hydrogen) atoms. The number of Topliss-reactive ketones (excluding diaryl/α,β-unsaturated/α-hetero) is 1. The first-order chi connectivity index (χ1) is 15.8. The quantitative estimate of drug-likeness (QED) is 0.209. The molecular formula is C30H48O3Si. The summed E-state index contributed by atoms with van der Waals surface area (Å²) in [6.07, 6.45) is 9.00. The van der Waals surface area contributed by atoms with Gasteiger partial charge in [-0.25, -0.2) is 0 Å². The van der Waals surface area contributed by atoms with E-state index in [1.165, 1.54) is 16.7 Å². The van der Waals surface area contributed by atoms with E-state index in [0.29, 0.717) is 38.4 Å².